The fourth-order valence-electron chi connectivity index (χ4n) is 5.07. The number of amides is 2. The molecular formula is C22H19NO2. The fourth-order valence-corrected chi connectivity index (χ4v) is 5.07. The largest absolute Gasteiger partial charge is 0.274 e. The highest BCUT2D eigenvalue weighted by Gasteiger charge is 2.62. The number of fused-ring (bicyclic) bond motifs is 6. The van der Waals surface area contributed by atoms with Crippen LogP contribution in [0, 0.1) is 23.7 Å². The monoisotopic (exact) mass is 329 g/mol. The Hall–Kier alpha value is -2.68. The van der Waals surface area contributed by atoms with Crippen molar-refractivity contribution in [3.8, 4) is 0 Å². The van der Waals surface area contributed by atoms with Crippen molar-refractivity contribution in [1.29, 1.82) is 0 Å². The Labute approximate surface area is 146 Å². The third-order valence-corrected chi connectivity index (χ3v) is 6.00. The van der Waals surface area contributed by atoms with Crippen molar-refractivity contribution in [1.82, 2.24) is 0 Å². The second kappa shape index (κ2) is 4.92. The van der Waals surface area contributed by atoms with Gasteiger partial charge in [-0.3, -0.25) is 9.59 Å². The SMILES string of the molecule is CC(C)=C1[C@H]2C=C[C@H]1[C@@H]1C(=O)N(c3cccc4ccccc34)C(=O)[C@H]12. The van der Waals surface area contributed by atoms with Crippen LogP contribution in [0.15, 0.2) is 65.8 Å². The zero-order valence-corrected chi connectivity index (χ0v) is 14.3. The number of carbonyl (C=O) groups excluding carboxylic acids is 2. The van der Waals surface area contributed by atoms with E-state index in [2.05, 4.69) is 26.0 Å². The lowest BCUT2D eigenvalue weighted by molar-refractivity contribution is -0.122. The highest BCUT2D eigenvalue weighted by molar-refractivity contribution is 6.25. The predicted octanol–water partition coefficient (Wildman–Crippen LogP) is 4.10. The normalized spacial score (nSPS) is 29.8. The summed E-state index contributed by atoms with van der Waals surface area (Å²) in [5, 5.41) is 2.00. The number of hydrogen-bond donors (Lipinski definition) is 0. The van der Waals surface area contributed by atoms with Crippen LogP contribution in [-0.4, -0.2) is 11.8 Å². The molecule has 124 valence electrons. The number of carbonyl (C=O) groups is 2. The Kier molecular flexibility index (Phi) is 2.88. The molecule has 3 aliphatic rings. The first-order valence-electron chi connectivity index (χ1n) is 8.81. The standard InChI is InChI=1S/C22H19NO2/c1-12(2)18-15-10-11-16(18)20-19(15)21(24)23(22(20)25)17-9-5-7-13-6-3-4-8-14(13)17/h3-11,15-16,19-20H,1-2H3/t15-,16-,19+,20+/m1/s1. The maximum Gasteiger partial charge on any atom is 0.238 e. The molecule has 1 aliphatic heterocycles. The van der Waals surface area contributed by atoms with Crippen LogP contribution < -0.4 is 4.90 Å². The predicted molar refractivity (Wildman–Crippen MR) is 97.9 cm³/mol. The highest BCUT2D eigenvalue weighted by Crippen LogP contribution is 2.57. The average Bonchev–Trinajstić information content (AvgIpc) is 3.25. The minimum absolute atomic E-state index is 0.0399. The molecule has 2 fully saturated rings. The van der Waals surface area contributed by atoms with Crippen molar-refractivity contribution in [2.75, 3.05) is 4.90 Å². The van der Waals surface area contributed by atoms with E-state index >= 15 is 0 Å². The van der Waals surface area contributed by atoms with Gasteiger partial charge >= 0.3 is 0 Å². The summed E-state index contributed by atoms with van der Waals surface area (Å²) >= 11 is 0. The van der Waals surface area contributed by atoms with Crippen molar-refractivity contribution in [2.45, 2.75) is 13.8 Å². The molecule has 1 saturated carbocycles. The molecule has 2 aromatic rings. The van der Waals surface area contributed by atoms with Crippen LogP contribution in [0.2, 0.25) is 0 Å². The number of nitrogens with zero attached hydrogens (tertiary/aromatic N) is 1. The van der Waals surface area contributed by atoms with Crippen LogP contribution in [-0.2, 0) is 9.59 Å². The van der Waals surface area contributed by atoms with E-state index in [4.69, 9.17) is 0 Å². The van der Waals surface area contributed by atoms with Crippen LogP contribution in [0.3, 0.4) is 0 Å². The molecule has 2 aromatic carbocycles. The minimum atomic E-state index is -0.230. The average molecular weight is 329 g/mol. The molecule has 25 heavy (non-hydrogen) atoms. The summed E-state index contributed by atoms with van der Waals surface area (Å²) < 4.78 is 0. The fraction of sp³-hybridized carbons (Fsp3) is 0.273. The van der Waals surface area contributed by atoms with Crippen LogP contribution in [0.1, 0.15) is 13.8 Å². The van der Waals surface area contributed by atoms with E-state index in [-0.39, 0.29) is 35.5 Å². The summed E-state index contributed by atoms with van der Waals surface area (Å²) in [7, 11) is 0. The van der Waals surface area contributed by atoms with Gasteiger partial charge in [-0.25, -0.2) is 4.90 Å². The molecule has 5 rings (SSSR count). The third kappa shape index (κ3) is 1.76. The Balaban J connectivity index is 1.65. The number of hydrogen-bond acceptors (Lipinski definition) is 2. The first-order valence-corrected chi connectivity index (χ1v) is 8.81. The molecular weight excluding hydrogens is 310 g/mol. The van der Waals surface area contributed by atoms with Crippen molar-refractivity contribution >= 4 is 28.3 Å². The molecule has 1 saturated heterocycles. The number of rotatable bonds is 1. The molecule has 0 aromatic heterocycles. The summed E-state index contributed by atoms with van der Waals surface area (Å²) in [6.45, 7) is 4.17. The van der Waals surface area contributed by atoms with E-state index in [1.54, 1.807) is 0 Å². The Bertz CT molecular complexity index is 957. The Morgan fingerprint density at radius 1 is 0.840 bits per heavy atom. The first kappa shape index (κ1) is 14.6. The molecule has 3 heteroatoms. The second-order valence-corrected chi connectivity index (χ2v) is 7.45. The second-order valence-electron chi connectivity index (χ2n) is 7.45. The van der Waals surface area contributed by atoms with Crippen molar-refractivity contribution in [3.05, 3.63) is 65.8 Å². The Morgan fingerprint density at radius 2 is 1.44 bits per heavy atom. The first-order chi connectivity index (χ1) is 12.1. The molecule has 1 heterocycles. The van der Waals surface area contributed by atoms with E-state index in [0.717, 1.165) is 16.5 Å². The van der Waals surface area contributed by atoms with Gasteiger partial charge in [0.2, 0.25) is 11.8 Å². The zero-order chi connectivity index (χ0) is 17.3. The molecule has 2 amide bonds. The molecule has 0 radical (unpaired) electrons. The molecule has 2 bridgehead atoms. The number of benzene rings is 2. The molecule has 2 aliphatic carbocycles. The van der Waals surface area contributed by atoms with E-state index < -0.39 is 0 Å². The van der Waals surface area contributed by atoms with Gasteiger partial charge in [-0.2, -0.15) is 0 Å². The maximum absolute atomic E-state index is 13.2. The van der Waals surface area contributed by atoms with Crippen LogP contribution >= 0.6 is 0 Å². The topological polar surface area (TPSA) is 37.4 Å². The summed E-state index contributed by atoms with van der Waals surface area (Å²) in [4.78, 5) is 27.9. The van der Waals surface area contributed by atoms with Crippen LogP contribution in [0.5, 0.6) is 0 Å². The highest BCUT2D eigenvalue weighted by atomic mass is 16.2. The van der Waals surface area contributed by atoms with Gasteiger partial charge in [0, 0.05) is 17.2 Å². The lowest BCUT2D eigenvalue weighted by Gasteiger charge is -2.20. The number of imide groups is 1. The van der Waals surface area contributed by atoms with Crippen LogP contribution in [0.25, 0.3) is 10.8 Å². The third-order valence-electron chi connectivity index (χ3n) is 6.00. The minimum Gasteiger partial charge on any atom is -0.274 e. The molecule has 0 spiro atoms. The summed E-state index contributed by atoms with van der Waals surface area (Å²) in [5.41, 5.74) is 3.25. The smallest absolute Gasteiger partial charge is 0.238 e. The van der Waals surface area contributed by atoms with E-state index in [0.29, 0.717) is 0 Å². The molecule has 3 nitrogen and oxygen atoms in total. The van der Waals surface area contributed by atoms with Gasteiger partial charge in [-0.15, -0.1) is 0 Å². The van der Waals surface area contributed by atoms with E-state index in [1.165, 1.54) is 16.0 Å². The van der Waals surface area contributed by atoms with Gasteiger partial charge in [0.1, 0.15) is 0 Å². The summed E-state index contributed by atoms with van der Waals surface area (Å²) in [6, 6.07) is 13.7. The van der Waals surface area contributed by atoms with Gasteiger partial charge < -0.3 is 0 Å². The van der Waals surface area contributed by atoms with E-state index in [1.807, 2.05) is 42.5 Å². The van der Waals surface area contributed by atoms with Crippen molar-refractivity contribution in [2.24, 2.45) is 23.7 Å². The lowest BCUT2D eigenvalue weighted by atomic mass is 9.85. The van der Waals surface area contributed by atoms with E-state index in [9.17, 15) is 9.59 Å². The maximum atomic E-state index is 13.2. The van der Waals surface area contributed by atoms with Gasteiger partial charge in [0.25, 0.3) is 0 Å². The summed E-state index contributed by atoms with van der Waals surface area (Å²) in [5.74, 6) is -0.352. The van der Waals surface area contributed by atoms with Gasteiger partial charge in [-0.1, -0.05) is 59.7 Å². The summed E-state index contributed by atoms with van der Waals surface area (Å²) in [6.07, 6.45) is 4.26. The quantitative estimate of drug-likeness (QED) is 0.583. The zero-order valence-electron chi connectivity index (χ0n) is 14.3. The van der Waals surface area contributed by atoms with Crippen LogP contribution in [0.4, 0.5) is 5.69 Å². The van der Waals surface area contributed by atoms with Crippen molar-refractivity contribution in [3.63, 3.8) is 0 Å². The molecule has 4 atom stereocenters. The molecule has 0 N–H and O–H groups in total. The molecule has 0 unspecified atom stereocenters. The number of anilines is 1. The van der Waals surface area contributed by atoms with Gasteiger partial charge in [0.05, 0.1) is 17.5 Å². The Morgan fingerprint density at radius 3 is 2.08 bits per heavy atom. The number of allylic oxidation sites excluding steroid dienone is 4. The van der Waals surface area contributed by atoms with Crippen molar-refractivity contribution < 1.29 is 9.59 Å². The van der Waals surface area contributed by atoms with Gasteiger partial charge in [-0.05, 0) is 25.3 Å². The van der Waals surface area contributed by atoms with Gasteiger partial charge in [0.15, 0.2) is 0 Å². The lowest BCUT2D eigenvalue weighted by Crippen LogP contribution is -2.33.